The van der Waals surface area contributed by atoms with Crippen LogP contribution in [0.1, 0.15) is 27.2 Å². The van der Waals surface area contributed by atoms with Crippen molar-refractivity contribution in [3.63, 3.8) is 0 Å². The van der Waals surface area contributed by atoms with Crippen LogP contribution in [0.15, 0.2) is 60.7 Å². The lowest BCUT2D eigenvalue weighted by atomic mass is 9.94. The summed E-state index contributed by atoms with van der Waals surface area (Å²) in [5.41, 5.74) is 0.0652. The number of rotatable bonds is 6. The molecule has 0 unspecified atom stereocenters. The summed E-state index contributed by atoms with van der Waals surface area (Å²) in [4.78, 5) is 0. The van der Waals surface area contributed by atoms with Gasteiger partial charge < -0.3 is 9.05 Å². The lowest BCUT2D eigenvalue weighted by Crippen LogP contribution is -2.12. The highest BCUT2D eigenvalue weighted by Crippen LogP contribution is 2.50. The molecule has 0 aromatic heterocycles. The second kappa shape index (κ2) is 7.02. The van der Waals surface area contributed by atoms with Crippen LogP contribution >= 0.6 is 7.60 Å². The van der Waals surface area contributed by atoms with Gasteiger partial charge in [0.1, 0.15) is 11.5 Å². The number of para-hydroxylation sites is 2. The Hall–Kier alpha value is -1.73. The quantitative estimate of drug-likeness (QED) is 0.634. The molecular weight excluding hydrogens is 295 g/mol. The Balaban J connectivity index is 2.17. The first-order valence-electron chi connectivity index (χ1n) is 7.45. The SMILES string of the molecule is CC(C)(C)CCP(=O)(Oc1ccccc1)Oc1ccccc1. The molecule has 118 valence electrons. The fraction of sp³-hybridized carbons (Fsp3) is 0.333. The molecule has 4 heteroatoms. The van der Waals surface area contributed by atoms with E-state index in [2.05, 4.69) is 20.8 Å². The molecular formula is C18H23O3P. The Morgan fingerprint density at radius 3 is 1.59 bits per heavy atom. The predicted octanol–water partition coefficient (Wildman–Crippen LogP) is 5.77. The van der Waals surface area contributed by atoms with E-state index < -0.39 is 7.60 Å². The van der Waals surface area contributed by atoms with E-state index >= 15 is 0 Å². The topological polar surface area (TPSA) is 35.5 Å². The van der Waals surface area contributed by atoms with Gasteiger partial charge in [0.05, 0.1) is 6.16 Å². The summed E-state index contributed by atoms with van der Waals surface area (Å²) < 4.78 is 24.6. The Morgan fingerprint density at radius 2 is 1.23 bits per heavy atom. The Bertz CT molecular complexity index is 572. The number of benzene rings is 2. The van der Waals surface area contributed by atoms with Crippen molar-refractivity contribution >= 4 is 7.60 Å². The summed E-state index contributed by atoms with van der Waals surface area (Å²) in [7, 11) is -3.26. The van der Waals surface area contributed by atoms with E-state index in [1.165, 1.54) is 0 Å². The van der Waals surface area contributed by atoms with Gasteiger partial charge in [0.25, 0.3) is 0 Å². The molecule has 0 N–H and O–H groups in total. The Kier molecular flexibility index (Phi) is 5.31. The molecule has 2 aromatic rings. The van der Waals surface area contributed by atoms with Gasteiger partial charge in [-0.2, -0.15) is 0 Å². The first kappa shape index (κ1) is 16.6. The second-order valence-corrected chi connectivity index (χ2v) is 8.49. The van der Waals surface area contributed by atoms with Crippen LogP contribution in [0, 0.1) is 5.41 Å². The first-order chi connectivity index (χ1) is 10.4. The van der Waals surface area contributed by atoms with Crippen molar-refractivity contribution in [1.29, 1.82) is 0 Å². The average molecular weight is 318 g/mol. The summed E-state index contributed by atoms with van der Waals surface area (Å²) in [6, 6.07) is 18.4. The maximum absolute atomic E-state index is 13.2. The zero-order valence-electron chi connectivity index (χ0n) is 13.4. The number of hydrogen-bond donors (Lipinski definition) is 0. The van der Waals surface area contributed by atoms with Crippen LogP contribution in [0.3, 0.4) is 0 Å². The molecule has 2 aromatic carbocycles. The fourth-order valence-electron chi connectivity index (χ4n) is 1.87. The van der Waals surface area contributed by atoms with Gasteiger partial charge in [0, 0.05) is 0 Å². The van der Waals surface area contributed by atoms with Crippen molar-refractivity contribution in [3.05, 3.63) is 60.7 Å². The van der Waals surface area contributed by atoms with Gasteiger partial charge >= 0.3 is 7.60 Å². The van der Waals surface area contributed by atoms with Crippen LogP contribution in [0.5, 0.6) is 11.5 Å². The van der Waals surface area contributed by atoms with Gasteiger partial charge in [-0.05, 0) is 36.1 Å². The minimum absolute atomic E-state index is 0.0652. The summed E-state index contributed by atoms with van der Waals surface area (Å²) in [6.45, 7) is 6.34. The molecule has 0 saturated carbocycles. The molecule has 3 nitrogen and oxygen atoms in total. The third-order valence-corrected chi connectivity index (χ3v) is 4.86. The molecule has 0 aliphatic carbocycles. The van der Waals surface area contributed by atoms with Crippen molar-refractivity contribution in [1.82, 2.24) is 0 Å². The summed E-state index contributed by atoms with van der Waals surface area (Å²) in [5.74, 6) is 1.13. The van der Waals surface area contributed by atoms with Crippen molar-refractivity contribution in [3.8, 4) is 11.5 Å². The summed E-state index contributed by atoms with van der Waals surface area (Å²) in [5, 5.41) is 0. The van der Waals surface area contributed by atoms with Gasteiger partial charge in [0.2, 0.25) is 0 Å². The largest absolute Gasteiger partial charge is 0.430 e. The van der Waals surface area contributed by atoms with Crippen LogP contribution in [0.2, 0.25) is 0 Å². The monoisotopic (exact) mass is 318 g/mol. The minimum Gasteiger partial charge on any atom is -0.416 e. The van der Waals surface area contributed by atoms with E-state index in [0.717, 1.165) is 6.42 Å². The maximum Gasteiger partial charge on any atom is 0.430 e. The van der Waals surface area contributed by atoms with E-state index in [1.54, 1.807) is 24.3 Å². The van der Waals surface area contributed by atoms with Crippen molar-refractivity contribution in [2.24, 2.45) is 5.41 Å². The fourth-order valence-corrected chi connectivity index (χ4v) is 3.92. The van der Waals surface area contributed by atoms with Gasteiger partial charge in [-0.1, -0.05) is 57.2 Å². The molecule has 22 heavy (non-hydrogen) atoms. The number of hydrogen-bond acceptors (Lipinski definition) is 3. The van der Waals surface area contributed by atoms with Gasteiger partial charge in [-0.25, -0.2) is 4.57 Å². The molecule has 0 amide bonds. The molecule has 2 rings (SSSR count). The van der Waals surface area contributed by atoms with E-state index in [9.17, 15) is 4.57 Å². The highest BCUT2D eigenvalue weighted by Gasteiger charge is 2.30. The van der Waals surface area contributed by atoms with E-state index in [1.807, 2.05) is 36.4 Å². The molecule has 0 heterocycles. The van der Waals surface area contributed by atoms with Crippen LogP contribution in [-0.4, -0.2) is 6.16 Å². The van der Waals surface area contributed by atoms with Crippen LogP contribution in [-0.2, 0) is 4.57 Å². The molecule has 0 aliphatic heterocycles. The van der Waals surface area contributed by atoms with Crippen molar-refractivity contribution in [2.45, 2.75) is 27.2 Å². The van der Waals surface area contributed by atoms with Gasteiger partial charge in [-0.15, -0.1) is 0 Å². The zero-order chi connectivity index (χ0) is 16.1. The Labute approximate surface area is 132 Å². The van der Waals surface area contributed by atoms with Crippen molar-refractivity contribution < 1.29 is 13.6 Å². The zero-order valence-corrected chi connectivity index (χ0v) is 14.3. The van der Waals surface area contributed by atoms with E-state index in [-0.39, 0.29) is 5.41 Å². The van der Waals surface area contributed by atoms with Gasteiger partial charge in [0.15, 0.2) is 0 Å². The standard InChI is InChI=1S/C18H23O3P/c1-18(2,3)14-15-22(19,20-16-10-6-4-7-11-16)21-17-12-8-5-9-13-17/h4-13H,14-15H2,1-3H3. The molecule has 0 bridgehead atoms. The van der Waals surface area contributed by atoms with Crippen LogP contribution in [0.25, 0.3) is 0 Å². The smallest absolute Gasteiger partial charge is 0.416 e. The molecule has 0 radical (unpaired) electrons. The molecule has 0 spiro atoms. The van der Waals surface area contributed by atoms with E-state index in [4.69, 9.17) is 9.05 Å². The second-order valence-electron chi connectivity index (χ2n) is 6.45. The Morgan fingerprint density at radius 1 is 0.818 bits per heavy atom. The molecule has 0 atom stereocenters. The summed E-state index contributed by atoms with van der Waals surface area (Å²) in [6.07, 6.45) is 1.13. The maximum atomic E-state index is 13.2. The average Bonchev–Trinajstić information content (AvgIpc) is 2.47. The third-order valence-electron chi connectivity index (χ3n) is 3.11. The van der Waals surface area contributed by atoms with Gasteiger partial charge in [-0.3, -0.25) is 0 Å². The first-order valence-corrected chi connectivity index (χ1v) is 9.18. The molecule has 0 aliphatic rings. The van der Waals surface area contributed by atoms with Crippen molar-refractivity contribution in [2.75, 3.05) is 6.16 Å². The van der Waals surface area contributed by atoms with Crippen LogP contribution in [0.4, 0.5) is 0 Å². The highest BCUT2D eigenvalue weighted by molar-refractivity contribution is 7.54. The van der Waals surface area contributed by atoms with Crippen LogP contribution < -0.4 is 9.05 Å². The predicted molar refractivity (Wildman–Crippen MR) is 90.7 cm³/mol. The van der Waals surface area contributed by atoms with E-state index in [0.29, 0.717) is 17.7 Å². The lowest BCUT2D eigenvalue weighted by Gasteiger charge is -2.24. The lowest BCUT2D eigenvalue weighted by molar-refractivity contribution is 0.354. The normalized spacial score (nSPS) is 12.0. The molecule has 0 fully saturated rings. The third kappa shape index (κ3) is 5.57. The molecule has 0 saturated heterocycles. The highest BCUT2D eigenvalue weighted by atomic mass is 31.2. The minimum atomic E-state index is -3.26. The summed E-state index contributed by atoms with van der Waals surface area (Å²) >= 11 is 0.